The van der Waals surface area contributed by atoms with Gasteiger partial charge in [0, 0.05) is 29.8 Å². The highest BCUT2D eigenvalue weighted by Crippen LogP contribution is 2.16. The lowest BCUT2D eigenvalue weighted by molar-refractivity contribution is -0.116. The van der Waals surface area contributed by atoms with Gasteiger partial charge in [-0.15, -0.1) is 0 Å². The van der Waals surface area contributed by atoms with Crippen LogP contribution in [0.3, 0.4) is 0 Å². The van der Waals surface area contributed by atoms with Gasteiger partial charge in [-0.1, -0.05) is 54.6 Å². The molecule has 114 valence electrons. The van der Waals surface area contributed by atoms with Crippen LogP contribution in [0.15, 0.2) is 72.9 Å². The molecule has 0 spiro atoms. The molecule has 23 heavy (non-hydrogen) atoms. The van der Waals surface area contributed by atoms with Gasteiger partial charge in [0.2, 0.25) is 5.91 Å². The van der Waals surface area contributed by atoms with Crippen LogP contribution in [0.5, 0.6) is 0 Å². The molecule has 3 heteroatoms. The molecular formula is C20H18N2O. The van der Waals surface area contributed by atoms with Crippen molar-refractivity contribution >= 4 is 22.9 Å². The third-order valence-electron chi connectivity index (χ3n) is 3.63. The van der Waals surface area contributed by atoms with Crippen molar-refractivity contribution in [2.75, 3.05) is 6.54 Å². The summed E-state index contributed by atoms with van der Waals surface area (Å²) in [6.45, 7) is 0.626. The molecule has 0 saturated carbocycles. The number of fused-ring (bicyclic) bond motifs is 1. The van der Waals surface area contributed by atoms with Gasteiger partial charge in [-0.05, 0) is 24.1 Å². The first-order valence-electron chi connectivity index (χ1n) is 7.66. The molecule has 0 aliphatic heterocycles. The third-order valence-corrected chi connectivity index (χ3v) is 3.63. The summed E-state index contributed by atoms with van der Waals surface area (Å²) in [7, 11) is 0. The molecule has 1 N–H and O–H groups in total. The van der Waals surface area contributed by atoms with Gasteiger partial charge in [0.25, 0.3) is 0 Å². The molecular weight excluding hydrogens is 284 g/mol. The minimum atomic E-state index is -0.0890. The van der Waals surface area contributed by atoms with Crippen LogP contribution in [0.1, 0.15) is 11.1 Å². The molecule has 3 aromatic rings. The van der Waals surface area contributed by atoms with Crippen LogP contribution < -0.4 is 5.32 Å². The lowest BCUT2D eigenvalue weighted by Crippen LogP contribution is -2.23. The van der Waals surface area contributed by atoms with Crippen molar-refractivity contribution in [1.82, 2.24) is 10.3 Å². The fourth-order valence-corrected chi connectivity index (χ4v) is 2.46. The average Bonchev–Trinajstić information content (AvgIpc) is 2.61. The number of rotatable bonds is 5. The second-order valence-corrected chi connectivity index (χ2v) is 5.28. The number of carbonyl (C=O) groups excluding carboxylic acids is 1. The Hall–Kier alpha value is -2.94. The van der Waals surface area contributed by atoms with Crippen LogP contribution in [-0.4, -0.2) is 17.4 Å². The maximum Gasteiger partial charge on any atom is 0.244 e. The highest BCUT2D eigenvalue weighted by molar-refractivity contribution is 5.95. The SMILES string of the molecule is O=C(/C=C/c1cccc2cccnc12)NCCc1ccccc1. The Morgan fingerprint density at radius 1 is 1.00 bits per heavy atom. The lowest BCUT2D eigenvalue weighted by atomic mass is 10.1. The summed E-state index contributed by atoms with van der Waals surface area (Å²) in [6, 6.07) is 20.0. The first-order valence-corrected chi connectivity index (χ1v) is 7.66. The number of nitrogens with one attached hydrogen (secondary N) is 1. The molecule has 0 fully saturated rings. The second-order valence-electron chi connectivity index (χ2n) is 5.28. The number of aromatic nitrogens is 1. The van der Waals surface area contributed by atoms with E-state index in [0.717, 1.165) is 22.9 Å². The van der Waals surface area contributed by atoms with Gasteiger partial charge >= 0.3 is 0 Å². The van der Waals surface area contributed by atoms with Crippen LogP contribution in [-0.2, 0) is 11.2 Å². The number of benzene rings is 2. The molecule has 0 unspecified atom stereocenters. The van der Waals surface area contributed by atoms with Crippen molar-refractivity contribution < 1.29 is 4.79 Å². The normalized spacial score (nSPS) is 11.0. The summed E-state index contributed by atoms with van der Waals surface area (Å²) in [5, 5.41) is 3.97. The van der Waals surface area contributed by atoms with Crippen LogP contribution in [0.2, 0.25) is 0 Å². The van der Waals surface area contributed by atoms with E-state index in [4.69, 9.17) is 0 Å². The van der Waals surface area contributed by atoms with Gasteiger partial charge in [0.05, 0.1) is 5.52 Å². The van der Waals surface area contributed by atoms with Gasteiger partial charge in [-0.3, -0.25) is 9.78 Å². The third kappa shape index (κ3) is 4.04. The minimum Gasteiger partial charge on any atom is -0.352 e. The Kier molecular flexibility index (Phi) is 4.79. The largest absolute Gasteiger partial charge is 0.352 e. The first-order chi connectivity index (χ1) is 11.3. The summed E-state index contributed by atoms with van der Waals surface area (Å²) in [5.41, 5.74) is 3.07. The van der Waals surface area contributed by atoms with E-state index in [0.29, 0.717) is 6.54 Å². The quantitative estimate of drug-likeness (QED) is 0.732. The zero-order valence-corrected chi connectivity index (χ0v) is 12.8. The first kappa shape index (κ1) is 15.0. The van der Waals surface area contributed by atoms with Crippen LogP contribution >= 0.6 is 0 Å². The Morgan fingerprint density at radius 2 is 1.83 bits per heavy atom. The molecule has 1 heterocycles. The lowest BCUT2D eigenvalue weighted by Gasteiger charge is -2.03. The summed E-state index contributed by atoms with van der Waals surface area (Å²) in [6.07, 6.45) is 5.97. The molecule has 1 amide bonds. The van der Waals surface area contributed by atoms with Crippen LogP contribution in [0.4, 0.5) is 0 Å². The van der Waals surface area contributed by atoms with Gasteiger partial charge in [0.15, 0.2) is 0 Å². The van der Waals surface area contributed by atoms with Crippen molar-refractivity contribution in [2.45, 2.75) is 6.42 Å². The highest BCUT2D eigenvalue weighted by Gasteiger charge is 2.00. The predicted molar refractivity (Wildman–Crippen MR) is 93.9 cm³/mol. The molecule has 2 aromatic carbocycles. The van der Waals surface area contributed by atoms with E-state index in [-0.39, 0.29) is 5.91 Å². The average molecular weight is 302 g/mol. The molecule has 0 aliphatic rings. The number of nitrogens with zero attached hydrogens (tertiary/aromatic N) is 1. The van der Waals surface area contributed by atoms with E-state index in [1.807, 2.05) is 54.6 Å². The number of hydrogen-bond donors (Lipinski definition) is 1. The van der Waals surface area contributed by atoms with Gasteiger partial charge in [-0.25, -0.2) is 0 Å². The summed E-state index contributed by atoms with van der Waals surface area (Å²) < 4.78 is 0. The van der Waals surface area contributed by atoms with Crippen LogP contribution in [0, 0.1) is 0 Å². The van der Waals surface area contributed by atoms with Gasteiger partial charge < -0.3 is 5.32 Å². The molecule has 0 radical (unpaired) electrons. The summed E-state index contributed by atoms with van der Waals surface area (Å²) >= 11 is 0. The van der Waals surface area contributed by atoms with E-state index >= 15 is 0 Å². The Morgan fingerprint density at radius 3 is 2.70 bits per heavy atom. The number of amides is 1. The molecule has 0 bridgehead atoms. The van der Waals surface area contributed by atoms with Crippen molar-refractivity contribution in [1.29, 1.82) is 0 Å². The molecule has 3 nitrogen and oxygen atoms in total. The fourth-order valence-electron chi connectivity index (χ4n) is 2.46. The van der Waals surface area contributed by atoms with Gasteiger partial charge in [-0.2, -0.15) is 0 Å². The maximum absolute atomic E-state index is 11.9. The predicted octanol–water partition coefficient (Wildman–Crippen LogP) is 3.61. The van der Waals surface area contributed by atoms with E-state index in [1.54, 1.807) is 12.3 Å². The smallest absolute Gasteiger partial charge is 0.244 e. The number of pyridine rings is 1. The Bertz CT molecular complexity index is 820. The van der Waals surface area contributed by atoms with Crippen molar-refractivity contribution in [3.8, 4) is 0 Å². The number of hydrogen-bond acceptors (Lipinski definition) is 2. The molecule has 0 aliphatic carbocycles. The minimum absolute atomic E-state index is 0.0890. The van der Waals surface area contributed by atoms with Crippen LogP contribution in [0.25, 0.3) is 17.0 Å². The molecule has 1 aromatic heterocycles. The van der Waals surface area contributed by atoms with Crippen molar-refractivity contribution in [2.24, 2.45) is 0 Å². The zero-order valence-electron chi connectivity index (χ0n) is 12.8. The standard InChI is InChI=1S/C20H18N2O/c23-19(21-15-13-16-6-2-1-3-7-16)12-11-18-9-4-8-17-10-5-14-22-20(17)18/h1-12,14H,13,15H2,(H,21,23)/b12-11+. The Labute approximate surface area is 135 Å². The van der Waals surface area contributed by atoms with Gasteiger partial charge in [0.1, 0.15) is 0 Å². The zero-order chi connectivity index (χ0) is 15.9. The molecule has 0 atom stereocenters. The Balaban J connectivity index is 1.59. The topological polar surface area (TPSA) is 42.0 Å². The number of para-hydroxylation sites is 1. The second kappa shape index (κ2) is 7.36. The van der Waals surface area contributed by atoms with E-state index in [9.17, 15) is 4.79 Å². The van der Waals surface area contributed by atoms with E-state index < -0.39 is 0 Å². The molecule has 3 rings (SSSR count). The van der Waals surface area contributed by atoms with E-state index in [1.165, 1.54) is 5.56 Å². The maximum atomic E-state index is 11.9. The van der Waals surface area contributed by atoms with E-state index in [2.05, 4.69) is 22.4 Å². The van der Waals surface area contributed by atoms with Crippen molar-refractivity contribution in [3.05, 3.63) is 84.1 Å². The monoisotopic (exact) mass is 302 g/mol. The highest BCUT2D eigenvalue weighted by atomic mass is 16.1. The fraction of sp³-hybridized carbons (Fsp3) is 0.100. The summed E-state index contributed by atoms with van der Waals surface area (Å²) in [4.78, 5) is 16.3. The number of carbonyl (C=O) groups is 1. The summed E-state index contributed by atoms with van der Waals surface area (Å²) in [5.74, 6) is -0.0890. The molecule has 0 saturated heterocycles. The van der Waals surface area contributed by atoms with Crippen molar-refractivity contribution in [3.63, 3.8) is 0 Å².